The molecule has 10 N–H and O–H groups in total. The largest absolute Gasteiger partial charge is 0.481 e. The Morgan fingerprint density at radius 2 is 1.42 bits per heavy atom. The number of carbonyl (C=O) groups excluding carboxylic acids is 4. The van der Waals surface area contributed by atoms with Crippen molar-refractivity contribution in [3.8, 4) is 0 Å². The van der Waals surface area contributed by atoms with E-state index in [-0.39, 0.29) is 49.6 Å². The highest BCUT2D eigenvalue weighted by Crippen LogP contribution is 2.12. The van der Waals surface area contributed by atoms with E-state index in [9.17, 15) is 29.1 Å². The molecule has 17 nitrogen and oxygen atoms in total. The van der Waals surface area contributed by atoms with E-state index in [1.807, 2.05) is 0 Å². The molecule has 0 aromatic carbocycles. The lowest BCUT2D eigenvalue weighted by Crippen LogP contribution is -2.47. The number of ether oxygens (including phenoxy) is 1. The van der Waals surface area contributed by atoms with Crippen molar-refractivity contribution in [2.45, 2.75) is 186 Å². The Balaban J connectivity index is 2.22. The first-order valence-electron chi connectivity index (χ1n) is 23.6. The summed E-state index contributed by atoms with van der Waals surface area (Å²) in [6.07, 6.45) is 25.1. The molecular weight excluding hydrogens is 795 g/mol. The number of rotatable bonds is 41. The molecule has 0 bridgehead atoms. The van der Waals surface area contributed by atoms with Gasteiger partial charge in [-0.1, -0.05) is 84.0 Å². The van der Waals surface area contributed by atoms with Gasteiger partial charge in [0, 0.05) is 57.2 Å². The number of aromatic nitrogens is 2. The highest BCUT2D eigenvalue weighted by molar-refractivity contribution is 5.98. The van der Waals surface area contributed by atoms with Crippen LogP contribution in [0.5, 0.6) is 0 Å². The van der Waals surface area contributed by atoms with E-state index in [1.54, 1.807) is 6.20 Å². The third-order valence-corrected chi connectivity index (χ3v) is 10.6. The molecule has 0 fully saturated rings. The van der Waals surface area contributed by atoms with Gasteiger partial charge in [-0.2, -0.15) is 0 Å². The molecule has 0 spiro atoms. The van der Waals surface area contributed by atoms with E-state index in [0.29, 0.717) is 64.8 Å². The van der Waals surface area contributed by atoms with E-state index in [4.69, 9.17) is 21.3 Å². The van der Waals surface area contributed by atoms with Crippen molar-refractivity contribution in [1.29, 1.82) is 0 Å². The molecule has 1 rings (SSSR count). The van der Waals surface area contributed by atoms with Crippen LogP contribution in [0.1, 0.15) is 173 Å². The van der Waals surface area contributed by atoms with Crippen molar-refractivity contribution in [3.05, 3.63) is 18.2 Å². The quantitative estimate of drug-likeness (QED) is 0.0187. The predicted octanol–water partition coefficient (Wildman–Crippen LogP) is 5.01. The minimum absolute atomic E-state index is 0.0415. The number of nitrogens with zero attached hydrogens (tertiary/aromatic N) is 3. The summed E-state index contributed by atoms with van der Waals surface area (Å²) in [5.74, 6) is -1.90. The average molecular weight is 878 g/mol. The Bertz CT molecular complexity index is 1350. The second-order valence-electron chi connectivity index (χ2n) is 16.4. The van der Waals surface area contributed by atoms with Gasteiger partial charge in [0.2, 0.25) is 17.7 Å². The minimum Gasteiger partial charge on any atom is -0.481 e. The SMILES string of the molecule is CCCCCCCCCCCOC(=O)CCCCCN(CCCCCCCC(=O)O)C[C@H](O)CCCCNC(=O)CNC(=O)CCCCN=C(N)NC(=O)C(N)Cc1cnc[nH]1. The van der Waals surface area contributed by atoms with Gasteiger partial charge >= 0.3 is 11.9 Å². The number of carbonyl (C=O) groups is 5. The molecule has 0 aliphatic rings. The Hall–Kier alpha value is -4.09. The molecule has 356 valence electrons. The minimum atomic E-state index is -0.811. The smallest absolute Gasteiger partial charge is 0.305 e. The maximum Gasteiger partial charge on any atom is 0.305 e. The van der Waals surface area contributed by atoms with Crippen molar-refractivity contribution in [1.82, 2.24) is 30.8 Å². The van der Waals surface area contributed by atoms with E-state index >= 15 is 0 Å². The summed E-state index contributed by atoms with van der Waals surface area (Å²) in [5, 5.41) is 27.6. The zero-order valence-electron chi connectivity index (χ0n) is 38.0. The van der Waals surface area contributed by atoms with Gasteiger partial charge in [-0.25, -0.2) is 4.98 Å². The highest BCUT2D eigenvalue weighted by Gasteiger charge is 2.16. The number of unbranched alkanes of at least 4 members (excludes halogenated alkanes) is 16. The van der Waals surface area contributed by atoms with Crippen molar-refractivity contribution < 1.29 is 38.9 Å². The molecule has 0 radical (unpaired) electrons. The third kappa shape index (κ3) is 34.5. The van der Waals surface area contributed by atoms with Crippen molar-refractivity contribution in [2.24, 2.45) is 16.5 Å². The molecule has 1 aromatic rings. The molecule has 17 heteroatoms. The van der Waals surface area contributed by atoms with Crippen LogP contribution in [-0.4, -0.2) is 119 Å². The fourth-order valence-corrected chi connectivity index (χ4v) is 6.92. The molecule has 0 saturated heterocycles. The number of aromatic amines is 1. The fourth-order valence-electron chi connectivity index (χ4n) is 6.92. The maximum atomic E-state index is 12.3. The van der Waals surface area contributed by atoms with Crippen LogP contribution in [0.3, 0.4) is 0 Å². The van der Waals surface area contributed by atoms with Gasteiger partial charge in [-0.3, -0.25) is 34.3 Å². The standard InChI is InChI=1S/C45H83N9O8/c1-2-3-4-5-6-7-8-12-22-31-62-43(60)26-15-13-21-30-54(29-20-11-9-10-14-25-42(58)59)35-38(55)23-16-18-27-49-41(57)34-51-40(56)24-17-19-28-50-45(47)53-44(61)39(46)32-37-33-48-36-52-37/h33,36,38-39,55H,2-32,34-35,46H2,1H3,(H,48,52)(H,49,57)(H,51,56)(H,58,59)(H3,47,50,53,61)/t38-,39?/m1/s1. The summed E-state index contributed by atoms with van der Waals surface area (Å²) in [6.45, 7) is 5.62. The lowest BCUT2D eigenvalue weighted by atomic mass is 10.1. The Labute approximate surface area is 371 Å². The number of carboxylic acid groups (broad SMARTS) is 1. The molecule has 1 unspecified atom stereocenters. The van der Waals surface area contributed by atoms with Crippen LogP contribution in [0.4, 0.5) is 0 Å². The lowest BCUT2D eigenvalue weighted by Gasteiger charge is -2.25. The van der Waals surface area contributed by atoms with Crippen LogP contribution in [0, 0.1) is 0 Å². The number of nitrogens with one attached hydrogen (secondary N) is 4. The van der Waals surface area contributed by atoms with E-state index in [0.717, 1.165) is 83.0 Å². The van der Waals surface area contributed by atoms with Gasteiger partial charge in [-0.05, 0) is 77.3 Å². The summed E-state index contributed by atoms with van der Waals surface area (Å²) in [5.41, 5.74) is 12.4. The number of nitrogens with two attached hydrogens (primary N) is 2. The monoisotopic (exact) mass is 878 g/mol. The molecule has 0 aliphatic heterocycles. The first kappa shape index (κ1) is 55.9. The molecule has 1 aromatic heterocycles. The van der Waals surface area contributed by atoms with Crippen LogP contribution in [-0.2, 0) is 35.1 Å². The molecule has 3 amide bonds. The number of aliphatic hydroxyl groups is 1. The molecule has 0 saturated carbocycles. The van der Waals surface area contributed by atoms with Gasteiger partial charge in [0.1, 0.15) is 0 Å². The van der Waals surface area contributed by atoms with Gasteiger partial charge in [-0.15, -0.1) is 0 Å². The summed E-state index contributed by atoms with van der Waals surface area (Å²) >= 11 is 0. The maximum absolute atomic E-state index is 12.3. The molecule has 0 aliphatic carbocycles. The summed E-state index contributed by atoms with van der Waals surface area (Å²) in [6, 6.07) is -0.811. The van der Waals surface area contributed by atoms with Crippen LogP contribution in [0.25, 0.3) is 0 Å². The molecular formula is C45H83N9O8. The number of esters is 1. The van der Waals surface area contributed by atoms with Gasteiger partial charge in [0.15, 0.2) is 5.96 Å². The predicted molar refractivity (Wildman–Crippen MR) is 243 cm³/mol. The van der Waals surface area contributed by atoms with Crippen LogP contribution in [0.2, 0.25) is 0 Å². The molecule has 2 atom stereocenters. The number of aliphatic hydroxyl groups excluding tert-OH is 1. The zero-order valence-corrected chi connectivity index (χ0v) is 38.0. The number of hydrogen-bond donors (Lipinski definition) is 8. The van der Waals surface area contributed by atoms with Crippen molar-refractivity contribution in [3.63, 3.8) is 0 Å². The van der Waals surface area contributed by atoms with E-state index in [1.165, 1.54) is 51.3 Å². The molecule has 62 heavy (non-hydrogen) atoms. The molecule has 1 heterocycles. The summed E-state index contributed by atoms with van der Waals surface area (Å²) in [7, 11) is 0. The summed E-state index contributed by atoms with van der Waals surface area (Å²) < 4.78 is 5.45. The van der Waals surface area contributed by atoms with Crippen molar-refractivity contribution >= 4 is 35.6 Å². The first-order valence-corrected chi connectivity index (χ1v) is 23.6. The second-order valence-corrected chi connectivity index (χ2v) is 16.4. The van der Waals surface area contributed by atoms with E-state index in [2.05, 4.69) is 42.7 Å². The normalized spacial score (nSPS) is 12.5. The van der Waals surface area contributed by atoms with Gasteiger partial charge in [0.25, 0.3) is 0 Å². The van der Waals surface area contributed by atoms with Crippen LogP contribution >= 0.6 is 0 Å². The zero-order chi connectivity index (χ0) is 45.5. The van der Waals surface area contributed by atoms with Crippen molar-refractivity contribution in [2.75, 3.05) is 45.9 Å². The number of amides is 3. The number of guanidine groups is 1. The number of imidazole rings is 1. The fraction of sp³-hybridized carbons (Fsp3) is 0.800. The lowest BCUT2D eigenvalue weighted by molar-refractivity contribution is -0.144. The number of aliphatic imine (C=N–C) groups is 1. The second kappa shape index (κ2) is 38.6. The third-order valence-electron chi connectivity index (χ3n) is 10.6. The highest BCUT2D eigenvalue weighted by atomic mass is 16.5. The number of carboxylic acids is 1. The topological polar surface area (TPSA) is 267 Å². The van der Waals surface area contributed by atoms with Crippen LogP contribution in [0.15, 0.2) is 17.5 Å². The van der Waals surface area contributed by atoms with E-state index < -0.39 is 24.0 Å². The Morgan fingerprint density at radius 1 is 0.790 bits per heavy atom. The van der Waals surface area contributed by atoms with Gasteiger partial charge in [0.05, 0.1) is 31.6 Å². The van der Waals surface area contributed by atoms with Gasteiger partial charge < -0.3 is 46.9 Å². The number of aliphatic carboxylic acids is 1. The summed E-state index contributed by atoms with van der Waals surface area (Å²) in [4.78, 5) is 72.8. The van der Waals surface area contributed by atoms with Crippen LogP contribution < -0.4 is 27.4 Å². The number of hydrogen-bond acceptors (Lipinski definition) is 11. The Morgan fingerprint density at radius 3 is 2.10 bits per heavy atom. The first-order chi connectivity index (χ1) is 30.0. The number of H-pyrrole nitrogens is 1. The average Bonchev–Trinajstić information content (AvgIpc) is 3.75. The Kier molecular flexibility index (Phi) is 34.8.